The van der Waals surface area contributed by atoms with Gasteiger partial charge >= 0.3 is 31.0 Å². The number of alkyl halides is 3. The van der Waals surface area contributed by atoms with Gasteiger partial charge in [-0.15, -0.1) is 0 Å². The first-order valence-corrected chi connectivity index (χ1v) is 4.48. The van der Waals surface area contributed by atoms with E-state index in [4.69, 9.17) is 5.11 Å². The maximum absolute atomic E-state index is 12.3. The average Bonchev–Trinajstić information content (AvgIpc) is 2.15. The van der Waals surface area contributed by atoms with Crippen LogP contribution in [0.25, 0.3) is 0 Å². The molecule has 0 spiro atoms. The van der Waals surface area contributed by atoms with Crippen LogP contribution in [0.4, 0.5) is 18.9 Å². The van der Waals surface area contributed by atoms with Gasteiger partial charge in [-0.05, 0) is 18.2 Å². The third kappa shape index (κ3) is 5.25. The predicted molar refractivity (Wildman–Crippen MR) is 59.5 cm³/mol. The average molecular weight is 255 g/mol. The van der Waals surface area contributed by atoms with Crippen LogP contribution in [0.5, 0.6) is 0 Å². The van der Waals surface area contributed by atoms with Crippen molar-refractivity contribution < 1.29 is 27.9 Å². The molecule has 2 N–H and O–H groups in total. The molecular weight excluding hydrogens is 246 g/mol. The summed E-state index contributed by atoms with van der Waals surface area (Å²) in [5.74, 6) is -2.23. The Hall–Kier alpha value is -1.45. The monoisotopic (exact) mass is 255 g/mol. The van der Waals surface area contributed by atoms with Gasteiger partial charge in [0, 0.05) is 5.69 Å². The number of nitrogens with one attached hydrogen (secondary N) is 1. The van der Waals surface area contributed by atoms with Gasteiger partial charge in [-0.25, -0.2) is 0 Å². The molecule has 0 aromatic heterocycles. The second-order valence-corrected chi connectivity index (χ2v) is 3.20. The van der Waals surface area contributed by atoms with Crippen LogP contribution in [0.15, 0.2) is 24.3 Å². The van der Waals surface area contributed by atoms with Crippen molar-refractivity contribution in [3.8, 4) is 0 Å². The van der Waals surface area contributed by atoms with Crippen LogP contribution in [0.3, 0.4) is 0 Å². The Morgan fingerprint density at radius 2 is 1.89 bits per heavy atom. The number of hydrogen-bond acceptors (Lipinski definition) is 2. The fraction of sp³-hybridized carbons (Fsp3) is 0.200. The van der Waals surface area contributed by atoms with E-state index in [-0.39, 0.29) is 24.5 Å². The number of carbonyl (C=O) groups excluding carboxylic acids is 1. The van der Waals surface area contributed by atoms with Gasteiger partial charge in [0.15, 0.2) is 0 Å². The maximum atomic E-state index is 12.3. The first kappa shape index (κ1) is 16.5. The third-order valence-electron chi connectivity index (χ3n) is 1.79. The molecule has 0 aliphatic rings. The van der Waals surface area contributed by atoms with Crippen molar-refractivity contribution in [1.29, 1.82) is 0 Å². The van der Waals surface area contributed by atoms with E-state index < -0.39 is 30.0 Å². The molecule has 0 aliphatic heterocycles. The normalized spacial score (nSPS) is 10.4. The Balaban J connectivity index is 0.00000289. The third-order valence-corrected chi connectivity index (χ3v) is 1.79. The molecule has 94 valence electrons. The Bertz CT molecular complexity index is 448. The van der Waals surface area contributed by atoms with Crippen LogP contribution in [-0.2, 0) is 15.8 Å². The van der Waals surface area contributed by atoms with Crippen molar-refractivity contribution >= 4 is 36.4 Å². The molecule has 0 atom stereocenters. The van der Waals surface area contributed by atoms with Crippen LogP contribution in [0, 0.1) is 0 Å². The minimum absolute atomic E-state index is 0. The summed E-state index contributed by atoms with van der Waals surface area (Å²) in [4.78, 5) is 21.2. The SMILES string of the molecule is O=C(O)CC(=O)Nc1cccc(C(F)(F)F)c1.[LiH]. The molecule has 4 nitrogen and oxygen atoms in total. The van der Waals surface area contributed by atoms with E-state index >= 15 is 0 Å². The number of aliphatic carboxylic acids is 1. The van der Waals surface area contributed by atoms with Gasteiger partial charge < -0.3 is 10.4 Å². The molecule has 0 saturated carbocycles. The summed E-state index contributed by atoms with van der Waals surface area (Å²) in [6.07, 6.45) is -5.30. The number of hydrogen-bond donors (Lipinski definition) is 2. The number of carboxylic acids is 1. The molecule has 1 amide bonds. The van der Waals surface area contributed by atoms with E-state index in [0.29, 0.717) is 0 Å². The first-order chi connectivity index (χ1) is 7.79. The van der Waals surface area contributed by atoms with Crippen molar-refractivity contribution in [1.82, 2.24) is 0 Å². The number of carbonyl (C=O) groups is 2. The predicted octanol–water partition coefficient (Wildman–Crippen LogP) is 1.47. The Morgan fingerprint density at radius 3 is 2.39 bits per heavy atom. The van der Waals surface area contributed by atoms with Crippen LogP contribution < -0.4 is 5.32 Å². The van der Waals surface area contributed by atoms with Gasteiger partial charge in [0.2, 0.25) is 5.91 Å². The number of carboxylic acid groups (broad SMARTS) is 1. The fourth-order valence-corrected chi connectivity index (χ4v) is 1.12. The van der Waals surface area contributed by atoms with Crippen LogP contribution in [0.2, 0.25) is 0 Å². The summed E-state index contributed by atoms with van der Waals surface area (Å²) in [7, 11) is 0. The molecule has 0 fully saturated rings. The molecule has 0 radical (unpaired) electrons. The molecule has 0 aliphatic carbocycles. The molecule has 0 heterocycles. The molecule has 18 heavy (non-hydrogen) atoms. The van der Waals surface area contributed by atoms with Gasteiger partial charge in [0.1, 0.15) is 6.42 Å². The van der Waals surface area contributed by atoms with E-state index in [0.717, 1.165) is 18.2 Å². The Labute approximate surface area is 112 Å². The fourth-order valence-electron chi connectivity index (χ4n) is 1.12. The molecule has 0 bridgehead atoms. The molecule has 1 aromatic rings. The number of amides is 1. The molecule has 1 aromatic carbocycles. The molecule has 0 saturated heterocycles. The van der Waals surface area contributed by atoms with Gasteiger partial charge in [0.05, 0.1) is 5.56 Å². The standard InChI is InChI=1S/C10H8F3NO3.Li.H/c11-10(12,13)6-2-1-3-7(4-6)14-8(15)5-9(16)17;;/h1-4H,5H2,(H,14,15)(H,16,17);;. The second-order valence-electron chi connectivity index (χ2n) is 3.20. The molecule has 8 heteroatoms. The second kappa shape index (κ2) is 6.47. The van der Waals surface area contributed by atoms with Crippen molar-refractivity contribution in [2.75, 3.05) is 5.32 Å². The molecule has 1 rings (SSSR count). The topological polar surface area (TPSA) is 66.4 Å². The van der Waals surface area contributed by atoms with E-state index in [2.05, 4.69) is 5.32 Å². The van der Waals surface area contributed by atoms with Gasteiger partial charge in [0.25, 0.3) is 0 Å². The summed E-state index contributed by atoms with van der Waals surface area (Å²) in [5.41, 5.74) is -1.00. The van der Waals surface area contributed by atoms with Crippen molar-refractivity contribution in [2.24, 2.45) is 0 Å². The van der Waals surface area contributed by atoms with Gasteiger partial charge in [-0.3, -0.25) is 9.59 Å². The Kier molecular flexibility index (Phi) is 5.95. The van der Waals surface area contributed by atoms with Crippen LogP contribution in [0.1, 0.15) is 12.0 Å². The van der Waals surface area contributed by atoms with Crippen LogP contribution in [-0.4, -0.2) is 35.8 Å². The zero-order chi connectivity index (χ0) is 13.1. The van der Waals surface area contributed by atoms with E-state index in [1.54, 1.807) is 0 Å². The minimum atomic E-state index is -4.51. The summed E-state index contributed by atoms with van der Waals surface area (Å²) in [6, 6.07) is 3.96. The summed E-state index contributed by atoms with van der Waals surface area (Å²) < 4.78 is 36.9. The zero-order valence-electron chi connectivity index (χ0n) is 8.41. The van der Waals surface area contributed by atoms with Crippen molar-refractivity contribution in [3.63, 3.8) is 0 Å². The summed E-state index contributed by atoms with van der Waals surface area (Å²) >= 11 is 0. The van der Waals surface area contributed by atoms with Crippen molar-refractivity contribution in [3.05, 3.63) is 29.8 Å². The summed E-state index contributed by atoms with van der Waals surface area (Å²) in [5, 5.41) is 10.4. The molecule has 0 unspecified atom stereocenters. The number of anilines is 1. The van der Waals surface area contributed by atoms with E-state index in [9.17, 15) is 22.8 Å². The zero-order valence-corrected chi connectivity index (χ0v) is 8.41. The summed E-state index contributed by atoms with van der Waals surface area (Å²) in [6.45, 7) is 0. The molecular formula is C10H9F3LiNO3. The number of halogens is 3. The van der Waals surface area contributed by atoms with Gasteiger partial charge in [-0.2, -0.15) is 13.2 Å². The number of benzene rings is 1. The first-order valence-electron chi connectivity index (χ1n) is 4.48. The van der Waals surface area contributed by atoms with Crippen molar-refractivity contribution in [2.45, 2.75) is 12.6 Å². The number of rotatable bonds is 3. The van der Waals surface area contributed by atoms with E-state index in [1.165, 1.54) is 6.07 Å². The van der Waals surface area contributed by atoms with Crippen LogP contribution >= 0.6 is 0 Å². The Morgan fingerprint density at radius 1 is 1.28 bits per heavy atom. The quantitative estimate of drug-likeness (QED) is 0.634. The van der Waals surface area contributed by atoms with E-state index in [1.807, 2.05) is 0 Å². The van der Waals surface area contributed by atoms with Gasteiger partial charge in [-0.1, -0.05) is 6.07 Å².